The molecule has 0 saturated heterocycles. The summed E-state index contributed by atoms with van der Waals surface area (Å²) >= 11 is 0. The Morgan fingerprint density at radius 3 is 1.86 bits per heavy atom. The van der Waals surface area contributed by atoms with Gasteiger partial charge < -0.3 is 9.47 Å². The van der Waals surface area contributed by atoms with Crippen LogP contribution in [0.2, 0.25) is 0 Å². The molecule has 0 N–H and O–H groups in total. The summed E-state index contributed by atoms with van der Waals surface area (Å²) in [6.07, 6.45) is 20.4. The Hall–Kier alpha value is -1.15. The quantitative estimate of drug-likeness (QED) is 0.103. The molecule has 0 aliphatic carbocycles. The number of aryl methyl sites for hydroxylation is 2. The molecular weight excluding hydrogens is 474 g/mol. The molecule has 0 saturated carbocycles. The standard InChI is InChI=1S/C29H53NO5S/c1-5-7-9-11-13-15-17-19-27-21-22-29(28(25-27)20-18-16-14-12-10-8-6-2)34-24-23-33-26-36(31,32)35-30(3)4/h21-22,25H,5-20,23-24,26H2,1-4H3. The largest absolute Gasteiger partial charge is 0.491 e. The van der Waals surface area contributed by atoms with Crippen LogP contribution in [0.15, 0.2) is 18.2 Å². The predicted octanol–water partition coefficient (Wildman–Crippen LogP) is 7.45. The maximum atomic E-state index is 11.7. The molecule has 7 heteroatoms. The summed E-state index contributed by atoms with van der Waals surface area (Å²) in [6.45, 7) is 5.00. The van der Waals surface area contributed by atoms with Crippen molar-refractivity contribution < 1.29 is 22.2 Å². The highest BCUT2D eigenvalue weighted by molar-refractivity contribution is 7.86. The Kier molecular flexibility index (Phi) is 19.0. The van der Waals surface area contributed by atoms with Crippen LogP contribution in [0, 0.1) is 0 Å². The summed E-state index contributed by atoms with van der Waals surface area (Å²) in [6, 6.07) is 6.58. The molecule has 6 nitrogen and oxygen atoms in total. The molecule has 0 heterocycles. The van der Waals surface area contributed by atoms with Crippen molar-refractivity contribution in [1.82, 2.24) is 5.06 Å². The fourth-order valence-corrected chi connectivity index (χ4v) is 5.12. The van der Waals surface area contributed by atoms with Crippen molar-refractivity contribution in [2.45, 2.75) is 117 Å². The lowest BCUT2D eigenvalue weighted by Gasteiger charge is -2.14. The van der Waals surface area contributed by atoms with Crippen LogP contribution in [-0.2, 0) is 32.0 Å². The van der Waals surface area contributed by atoms with Crippen LogP contribution >= 0.6 is 0 Å². The average molecular weight is 528 g/mol. The van der Waals surface area contributed by atoms with E-state index in [1.165, 1.54) is 115 Å². The molecule has 0 fully saturated rings. The molecule has 0 spiro atoms. The first-order valence-electron chi connectivity index (χ1n) is 14.3. The molecule has 0 amide bonds. The van der Waals surface area contributed by atoms with Crippen molar-refractivity contribution in [1.29, 1.82) is 0 Å². The lowest BCUT2D eigenvalue weighted by molar-refractivity contribution is -0.00176. The van der Waals surface area contributed by atoms with E-state index in [0.29, 0.717) is 6.61 Å². The highest BCUT2D eigenvalue weighted by atomic mass is 32.2. The number of benzene rings is 1. The maximum Gasteiger partial charge on any atom is 0.307 e. The van der Waals surface area contributed by atoms with Crippen molar-refractivity contribution >= 4 is 10.1 Å². The van der Waals surface area contributed by atoms with Gasteiger partial charge in [0.05, 0.1) is 6.61 Å². The number of hydroxylamine groups is 2. The molecular formula is C29H53NO5S. The fraction of sp³-hybridized carbons (Fsp3) is 0.793. The second-order valence-corrected chi connectivity index (χ2v) is 11.5. The van der Waals surface area contributed by atoms with E-state index < -0.39 is 16.1 Å². The monoisotopic (exact) mass is 527 g/mol. The number of ether oxygens (including phenoxy) is 2. The highest BCUT2D eigenvalue weighted by Gasteiger charge is 2.13. The summed E-state index contributed by atoms with van der Waals surface area (Å²) in [5.74, 6) is 0.400. The minimum absolute atomic E-state index is 0.187. The van der Waals surface area contributed by atoms with Crippen molar-refractivity contribution in [3.8, 4) is 5.75 Å². The molecule has 1 rings (SSSR count). The van der Waals surface area contributed by atoms with Gasteiger partial charge in [-0.25, -0.2) is 0 Å². The number of unbranched alkanes of at least 4 members (excludes halogenated alkanes) is 12. The van der Waals surface area contributed by atoms with E-state index in [-0.39, 0.29) is 6.61 Å². The van der Waals surface area contributed by atoms with Crippen LogP contribution in [0.5, 0.6) is 5.75 Å². The third-order valence-electron chi connectivity index (χ3n) is 6.22. The van der Waals surface area contributed by atoms with E-state index in [0.717, 1.165) is 23.7 Å². The van der Waals surface area contributed by atoms with Crippen molar-refractivity contribution in [3.63, 3.8) is 0 Å². The normalized spacial score (nSPS) is 11.9. The third-order valence-corrected chi connectivity index (χ3v) is 7.20. The molecule has 0 atom stereocenters. The van der Waals surface area contributed by atoms with Crippen LogP contribution in [0.4, 0.5) is 0 Å². The second kappa shape index (κ2) is 20.9. The molecule has 0 unspecified atom stereocenters. The maximum absolute atomic E-state index is 11.7. The number of hydrogen-bond acceptors (Lipinski definition) is 6. The van der Waals surface area contributed by atoms with Gasteiger partial charge in [0.1, 0.15) is 12.4 Å². The van der Waals surface area contributed by atoms with Gasteiger partial charge in [0.2, 0.25) is 0 Å². The van der Waals surface area contributed by atoms with E-state index in [4.69, 9.17) is 13.8 Å². The summed E-state index contributed by atoms with van der Waals surface area (Å²) in [5.41, 5.74) is 2.64. The Bertz CT molecular complexity index is 767. The minimum atomic E-state index is -3.73. The van der Waals surface area contributed by atoms with Crippen LogP contribution in [0.25, 0.3) is 0 Å². The summed E-state index contributed by atoms with van der Waals surface area (Å²) < 4.78 is 39.5. The zero-order valence-electron chi connectivity index (χ0n) is 23.6. The van der Waals surface area contributed by atoms with E-state index in [2.05, 4.69) is 32.0 Å². The third kappa shape index (κ3) is 17.3. The second-order valence-electron chi connectivity index (χ2n) is 10.0. The SMILES string of the molecule is CCCCCCCCCc1ccc(OCCOCS(=O)(=O)ON(C)C)c(CCCCCCCCC)c1. The zero-order valence-corrected chi connectivity index (χ0v) is 24.4. The molecule has 0 bridgehead atoms. The summed E-state index contributed by atoms with van der Waals surface area (Å²) in [7, 11) is -0.696. The zero-order chi connectivity index (χ0) is 26.5. The molecule has 0 aromatic heterocycles. The van der Waals surface area contributed by atoms with E-state index in [1.807, 2.05) is 0 Å². The molecule has 0 aliphatic heterocycles. The first-order chi connectivity index (χ1) is 17.4. The fourth-order valence-electron chi connectivity index (χ4n) is 4.30. The molecule has 0 radical (unpaired) electrons. The van der Waals surface area contributed by atoms with Crippen LogP contribution in [0.3, 0.4) is 0 Å². The van der Waals surface area contributed by atoms with Gasteiger partial charge >= 0.3 is 10.1 Å². The lowest BCUT2D eigenvalue weighted by atomic mass is 9.99. The molecule has 36 heavy (non-hydrogen) atoms. The average Bonchev–Trinajstić information content (AvgIpc) is 2.82. The minimum Gasteiger partial charge on any atom is -0.491 e. The van der Waals surface area contributed by atoms with Crippen LogP contribution in [-0.4, -0.2) is 46.7 Å². The summed E-state index contributed by atoms with van der Waals surface area (Å²) in [4.78, 5) is 0. The van der Waals surface area contributed by atoms with Gasteiger partial charge in [-0.05, 0) is 42.9 Å². The Labute approximate surface area is 222 Å². The van der Waals surface area contributed by atoms with Crippen LogP contribution in [0.1, 0.15) is 115 Å². The highest BCUT2D eigenvalue weighted by Crippen LogP contribution is 2.24. The van der Waals surface area contributed by atoms with Crippen molar-refractivity contribution in [3.05, 3.63) is 29.3 Å². The number of hydrogen-bond donors (Lipinski definition) is 0. The van der Waals surface area contributed by atoms with Gasteiger partial charge in [-0.15, -0.1) is 0 Å². The van der Waals surface area contributed by atoms with Gasteiger partial charge in [0, 0.05) is 14.1 Å². The van der Waals surface area contributed by atoms with E-state index in [9.17, 15) is 8.42 Å². The molecule has 210 valence electrons. The predicted molar refractivity (Wildman–Crippen MR) is 150 cm³/mol. The molecule has 1 aromatic carbocycles. The molecule has 0 aliphatic rings. The van der Waals surface area contributed by atoms with Crippen molar-refractivity contribution in [2.75, 3.05) is 33.2 Å². The first kappa shape index (κ1) is 32.9. The Balaban J connectivity index is 2.53. The first-order valence-corrected chi connectivity index (χ1v) is 15.9. The van der Waals surface area contributed by atoms with Gasteiger partial charge in [-0.3, -0.25) is 0 Å². The van der Waals surface area contributed by atoms with Gasteiger partial charge in [-0.1, -0.05) is 103 Å². The van der Waals surface area contributed by atoms with Crippen LogP contribution < -0.4 is 4.74 Å². The van der Waals surface area contributed by atoms with Gasteiger partial charge in [-0.2, -0.15) is 17.8 Å². The van der Waals surface area contributed by atoms with Gasteiger partial charge in [0.15, 0.2) is 5.94 Å². The summed E-state index contributed by atoms with van der Waals surface area (Å²) in [5, 5.41) is 1.14. The van der Waals surface area contributed by atoms with Gasteiger partial charge in [0.25, 0.3) is 0 Å². The lowest BCUT2D eigenvalue weighted by Crippen LogP contribution is -2.23. The van der Waals surface area contributed by atoms with E-state index >= 15 is 0 Å². The number of rotatable bonds is 24. The Morgan fingerprint density at radius 1 is 0.722 bits per heavy atom. The molecule has 1 aromatic rings. The Morgan fingerprint density at radius 2 is 1.28 bits per heavy atom. The smallest absolute Gasteiger partial charge is 0.307 e. The van der Waals surface area contributed by atoms with E-state index in [1.54, 1.807) is 0 Å². The van der Waals surface area contributed by atoms with Crippen molar-refractivity contribution in [2.24, 2.45) is 0 Å². The topological polar surface area (TPSA) is 65.1 Å². The number of nitrogens with zero attached hydrogens (tertiary/aromatic N) is 1.